The van der Waals surface area contributed by atoms with Gasteiger partial charge in [-0.15, -0.1) is 22.7 Å². The number of carbonyl (C=O) groups is 8. The zero-order chi connectivity index (χ0) is 61.6. The number of aromatic carboxylic acids is 1. The van der Waals surface area contributed by atoms with Gasteiger partial charge in [-0.1, -0.05) is 49.1 Å². The number of nitrogens with zero attached hydrogens (tertiary/aromatic N) is 4. The molecule has 4 amide bonds. The van der Waals surface area contributed by atoms with Crippen molar-refractivity contribution in [3.05, 3.63) is 31.6 Å². The molecule has 23 heteroatoms. The van der Waals surface area contributed by atoms with Crippen LogP contribution < -0.4 is 9.80 Å². The average Bonchev–Trinajstić information content (AvgIpc) is 3.41. The summed E-state index contributed by atoms with van der Waals surface area (Å²) in [5.41, 5.74) is 0.00797. The van der Waals surface area contributed by atoms with Gasteiger partial charge in [-0.2, -0.15) is 0 Å². The molecule has 83 heavy (non-hydrogen) atoms. The standard InChI is InChI=1S/C30H42N2O8S.C25H34N2O5S.C5H9ClO3/c1-20(2)40-29(36)39-19-38-28(35)26-24(17-23(41-26)11-12-30(4,5)6)32(18-25(33)31-13-15-37-16-14-31)27(34)22-9-7-21(3)8-10-22;1-17-5-7-18(8-6-17)23(29)27(16-21(28)26-11-13-32-14-12-26)20-15-19(9-10-25(2,3)4)33-22(20)24(30)31;1-4(2)9-5(7)8-3-6/h17,20-22H,7-10,13-16,18-19H2,1-6H3;15,17-18H,5-8,11-14,16H2,1-4H3,(H,30,31);4H,3H2,1-2H3. The van der Waals surface area contributed by atoms with Gasteiger partial charge >= 0.3 is 24.2 Å². The smallest absolute Gasteiger partial charge is 0.477 e. The first-order chi connectivity index (χ1) is 39.0. The van der Waals surface area contributed by atoms with Gasteiger partial charge in [-0.3, -0.25) is 19.2 Å². The van der Waals surface area contributed by atoms with Crippen molar-refractivity contribution in [2.24, 2.45) is 34.5 Å². The second-order valence-electron chi connectivity index (χ2n) is 23.5. The molecule has 0 bridgehead atoms. The first kappa shape index (κ1) is 69.6. The van der Waals surface area contributed by atoms with E-state index < -0.39 is 37.1 Å². The van der Waals surface area contributed by atoms with Crippen molar-refractivity contribution in [2.75, 3.05) is 88.4 Å². The highest BCUT2D eigenvalue weighted by atomic mass is 35.5. The number of rotatable bonds is 15. The lowest BCUT2D eigenvalue weighted by Crippen LogP contribution is -2.49. The molecule has 460 valence electrons. The van der Waals surface area contributed by atoms with Crippen LogP contribution in [0.3, 0.4) is 0 Å². The summed E-state index contributed by atoms with van der Waals surface area (Å²) in [6.07, 6.45) is 4.48. The molecule has 4 fully saturated rings. The fourth-order valence-corrected chi connectivity index (χ4v) is 10.7. The van der Waals surface area contributed by atoms with Crippen molar-refractivity contribution in [3.63, 3.8) is 0 Å². The number of amides is 4. The van der Waals surface area contributed by atoms with E-state index in [4.69, 9.17) is 35.3 Å². The van der Waals surface area contributed by atoms with Gasteiger partial charge in [0, 0.05) is 48.8 Å². The molecule has 0 unspecified atom stereocenters. The summed E-state index contributed by atoms with van der Waals surface area (Å²) in [6, 6.07) is 3.16. The lowest BCUT2D eigenvalue weighted by atomic mass is 9.82. The van der Waals surface area contributed by atoms with Crippen molar-refractivity contribution < 1.29 is 76.6 Å². The van der Waals surface area contributed by atoms with E-state index in [-0.39, 0.29) is 92.7 Å². The molecule has 0 atom stereocenters. The van der Waals surface area contributed by atoms with Gasteiger partial charge in [0.2, 0.25) is 30.4 Å². The summed E-state index contributed by atoms with van der Waals surface area (Å²) in [4.78, 5) is 109. The maximum atomic E-state index is 14.0. The number of anilines is 2. The molecule has 2 aliphatic heterocycles. The zero-order valence-corrected chi connectivity index (χ0v) is 52.7. The molecule has 4 aliphatic rings. The number of ether oxygens (including phenoxy) is 7. The summed E-state index contributed by atoms with van der Waals surface area (Å²) < 4.78 is 34.5. The molecule has 20 nitrogen and oxygen atoms in total. The SMILES string of the molecule is CC(C)OC(=O)OCCl.CC1CCC(C(=O)N(CC(=O)N2CCOCC2)c2cc(C#CC(C)(C)C)sc2C(=O)O)CC1.CC1CCC(C(=O)N(CC(=O)N2CCOCC2)c2cc(C#CC(C)(C)C)sc2C(=O)OCOC(=O)OC(C)C)CC1. The van der Waals surface area contributed by atoms with E-state index in [1.54, 1.807) is 49.6 Å². The second kappa shape index (κ2) is 33.5. The molecule has 0 radical (unpaired) electrons. The lowest BCUT2D eigenvalue weighted by Gasteiger charge is -2.33. The quantitative estimate of drug-likeness (QED) is 0.0574. The Morgan fingerprint density at radius 3 is 1.35 bits per heavy atom. The normalized spacial score (nSPS) is 18.9. The first-order valence-corrected chi connectivity index (χ1v) is 30.5. The number of morpholine rings is 2. The molecule has 2 aromatic rings. The fourth-order valence-electron chi connectivity index (χ4n) is 8.89. The van der Waals surface area contributed by atoms with Crippen LogP contribution in [0, 0.1) is 58.2 Å². The van der Waals surface area contributed by atoms with Crippen LogP contribution in [0.4, 0.5) is 21.0 Å². The topological polar surface area (TPSA) is 234 Å². The Kier molecular flexibility index (Phi) is 28.1. The molecule has 2 aliphatic carbocycles. The van der Waals surface area contributed by atoms with E-state index in [1.807, 2.05) is 41.5 Å². The van der Waals surface area contributed by atoms with Crippen LogP contribution in [-0.2, 0) is 52.3 Å². The third-order valence-electron chi connectivity index (χ3n) is 13.3. The van der Waals surface area contributed by atoms with Crippen molar-refractivity contribution in [1.29, 1.82) is 0 Å². The Morgan fingerprint density at radius 2 is 0.988 bits per heavy atom. The Labute approximate surface area is 502 Å². The van der Waals surface area contributed by atoms with Crippen molar-refractivity contribution in [2.45, 2.75) is 147 Å². The summed E-state index contributed by atoms with van der Waals surface area (Å²) >= 11 is 7.18. The van der Waals surface area contributed by atoms with E-state index in [2.05, 4.69) is 47.0 Å². The monoisotopic (exact) mass is 1220 g/mol. The minimum atomic E-state index is -1.12. The molecule has 1 N–H and O–H groups in total. The second-order valence-corrected chi connectivity index (χ2v) is 25.8. The predicted octanol–water partition coefficient (Wildman–Crippen LogP) is 10.4. The Bertz CT molecular complexity index is 2640. The van der Waals surface area contributed by atoms with E-state index in [0.717, 1.165) is 61.2 Å². The maximum absolute atomic E-state index is 14.0. The molecule has 0 aromatic carbocycles. The third kappa shape index (κ3) is 24.3. The lowest BCUT2D eigenvalue weighted by molar-refractivity contribution is -0.135. The van der Waals surface area contributed by atoms with Crippen LogP contribution in [0.1, 0.15) is 164 Å². The highest BCUT2D eigenvalue weighted by Gasteiger charge is 2.37. The molecular weight excluding hydrogens is 1130 g/mol. The Morgan fingerprint density at radius 1 is 0.614 bits per heavy atom. The van der Waals surface area contributed by atoms with Crippen LogP contribution in [0.2, 0.25) is 0 Å². The fraction of sp³-hybridized carbons (Fsp3) is 0.667. The molecule has 0 spiro atoms. The Balaban J connectivity index is 0.000000315. The van der Waals surface area contributed by atoms with Gasteiger partial charge < -0.3 is 57.9 Å². The van der Waals surface area contributed by atoms with Crippen molar-refractivity contribution in [3.8, 4) is 23.7 Å². The molecule has 2 saturated carbocycles. The number of halogens is 1. The van der Waals surface area contributed by atoms with E-state index in [0.29, 0.717) is 87.0 Å². The van der Waals surface area contributed by atoms with Crippen molar-refractivity contribution >= 4 is 93.5 Å². The van der Waals surface area contributed by atoms with Gasteiger partial charge in [-0.25, -0.2) is 19.2 Å². The number of carboxylic acids is 1. The molecule has 4 heterocycles. The number of thiophene rings is 2. The van der Waals surface area contributed by atoms with Crippen LogP contribution in [0.25, 0.3) is 0 Å². The average molecular weight is 1220 g/mol. The van der Waals surface area contributed by atoms with Crippen LogP contribution in [0.15, 0.2) is 12.1 Å². The number of alkyl halides is 1. The van der Waals surface area contributed by atoms with Crippen LogP contribution in [-0.4, -0.2) is 154 Å². The van der Waals surface area contributed by atoms with Crippen LogP contribution in [0.5, 0.6) is 0 Å². The van der Waals surface area contributed by atoms with E-state index in [1.165, 1.54) is 9.80 Å². The molecule has 2 saturated heterocycles. The summed E-state index contributed by atoms with van der Waals surface area (Å²) in [5.74, 6) is 10.4. The number of esters is 1. The Hall–Kier alpha value is -5.91. The number of carbonyl (C=O) groups excluding carboxylic acids is 7. The maximum Gasteiger partial charge on any atom is 0.511 e. The van der Waals surface area contributed by atoms with E-state index >= 15 is 0 Å². The number of hydrogen-bond acceptors (Lipinski definition) is 17. The van der Waals surface area contributed by atoms with Gasteiger partial charge in [-0.05, 0) is 145 Å². The van der Waals surface area contributed by atoms with Gasteiger partial charge in [0.1, 0.15) is 22.8 Å². The van der Waals surface area contributed by atoms with Gasteiger partial charge in [0.15, 0.2) is 6.07 Å². The summed E-state index contributed by atoms with van der Waals surface area (Å²) in [6.45, 7) is 25.6. The third-order valence-corrected chi connectivity index (χ3v) is 15.4. The first-order valence-electron chi connectivity index (χ1n) is 28.4. The minimum Gasteiger partial charge on any atom is -0.477 e. The van der Waals surface area contributed by atoms with Gasteiger partial charge in [0.05, 0.1) is 59.8 Å². The molecule has 6 rings (SSSR count). The number of hydrogen-bond donors (Lipinski definition) is 1. The summed E-state index contributed by atoms with van der Waals surface area (Å²) in [5, 5.41) is 9.88. The van der Waals surface area contributed by atoms with Crippen LogP contribution >= 0.6 is 34.3 Å². The van der Waals surface area contributed by atoms with Crippen molar-refractivity contribution in [1.82, 2.24) is 9.80 Å². The highest BCUT2D eigenvalue weighted by molar-refractivity contribution is 7.15. The predicted molar refractivity (Wildman–Crippen MR) is 316 cm³/mol. The molecule has 2 aromatic heterocycles. The summed E-state index contributed by atoms with van der Waals surface area (Å²) in [7, 11) is 0. The highest BCUT2D eigenvalue weighted by Crippen LogP contribution is 2.38. The van der Waals surface area contributed by atoms with Gasteiger partial charge in [0.25, 0.3) is 0 Å². The molecular formula is C60H85ClN4O16S2. The largest absolute Gasteiger partial charge is 0.511 e. The van der Waals surface area contributed by atoms with E-state index in [9.17, 15) is 43.5 Å². The zero-order valence-electron chi connectivity index (χ0n) is 50.3. The minimum absolute atomic E-state index is 0.0421. The number of carboxylic acid groups (broad SMARTS) is 1.